The minimum absolute atomic E-state index is 0.160. The van der Waals surface area contributed by atoms with E-state index >= 15 is 0 Å². The predicted octanol–water partition coefficient (Wildman–Crippen LogP) is 0.464. The fraction of sp³-hybridized carbons (Fsp3) is 0.300. The first kappa shape index (κ1) is 12.7. The third kappa shape index (κ3) is 2.59. The van der Waals surface area contributed by atoms with Crippen molar-refractivity contribution < 1.29 is 9.72 Å². The highest BCUT2D eigenvalue weighted by Gasteiger charge is 2.22. The predicted molar refractivity (Wildman–Crippen MR) is 64.3 cm³/mol. The second kappa shape index (κ2) is 5.29. The van der Waals surface area contributed by atoms with Gasteiger partial charge in [0.2, 0.25) is 5.69 Å². The van der Waals surface area contributed by atoms with Crippen molar-refractivity contribution in [1.29, 1.82) is 0 Å². The summed E-state index contributed by atoms with van der Waals surface area (Å²) in [6.45, 7) is 2.85. The molecule has 0 aliphatic heterocycles. The summed E-state index contributed by atoms with van der Waals surface area (Å²) >= 11 is 0. The number of aromatic nitrogens is 4. The van der Waals surface area contributed by atoms with E-state index in [9.17, 15) is 14.9 Å². The van der Waals surface area contributed by atoms with Gasteiger partial charge >= 0.3 is 5.69 Å². The van der Waals surface area contributed by atoms with Crippen molar-refractivity contribution in [3.63, 3.8) is 0 Å². The molecule has 100 valence electrons. The highest BCUT2D eigenvalue weighted by atomic mass is 16.6. The Kier molecular flexibility index (Phi) is 3.55. The number of nitrogens with one attached hydrogen (secondary N) is 2. The maximum Gasteiger partial charge on any atom is 0.319 e. The molecule has 2 aromatic heterocycles. The minimum atomic E-state index is -0.658. The highest BCUT2D eigenvalue weighted by Crippen LogP contribution is 2.14. The molecule has 0 atom stereocenters. The molecule has 0 aliphatic rings. The number of aromatic amines is 1. The molecule has 0 spiro atoms. The van der Waals surface area contributed by atoms with E-state index in [1.165, 1.54) is 0 Å². The Morgan fingerprint density at radius 2 is 2.42 bits per heavy atom. The molecule has 2 aromatic rings. The van der Waals surface area contributed by atoms with E-state index in [4.69, 9.17) is 0 Å². The summed E-state index contributed by atoms with van der Waals surface area (Å²) in [5.74, 6) is -0.576. The van der Waals surface area contributed by atoms with E-state index in [1.54, 1.807) is 16.9 Å². The third-order valence-corrected chi connectivity index (χ3v) is 2.58. The summed E-state index contributed by atoms with van der Waals surface area (Å²) in [4.78, 5) is 21.8. The normalized spacial score (nSPS) is 10.4. The van der Waals surface area contributed by atoms with Gasteiger partial charge in [0.15, 0.2) is 0 Å². The number of hydrogen-bond donors (Lipinski definition) is 2. The molecule has 0 bridgehead atoms. The largest absolute Gasteiger partial charge is 0.345 e. The topological polar surface area (TPSA) is 119 Å². The number of aryl methyl sites for hydroxylation is 1. The average molecular weight is 264 g/mol. The lowest BCUT2D eigenvalue weighted by Crippen LogP contribution is -2.25. The van der Waals surface area contributed by atoms with Gasteiger partial charge in [-0.25, -0.2) is 0 Å². The lowest BCUT2D eigenvalue weighted by atomic mass is 10.3. The van der Waals surface area contributed by atoms with Crippen LogP contribution >= 0.6 is 0 Å². The van der Waals surface area contributed by atoms with Gasteiger partial charge in [-0.1, -0.05) is 0 Å². The summed E-state index contributed by atoms with van der Waals surface area (Å²) in [5, 5.41) is 23.1. The summed E-state index contributed by atoms with van der Waals surface area (Å²) in [7, 11) is 0. The Hall–Kier alpha value is -2.71. The molecular formula is C10H12N6O3. The minimum Gasteiger partial charge on any atom is -0.345 e. The summed E-state index contributed by atoms with van der Waals surface area (Å²) < 4.78 is 1.72. The second-order valence-electron chi connectivity index (χ2n) is 3.71. The first-order valence-electron chi connectivity index (χ1n) is 5.60. The van der Waals surface area contributed by atoms with E-state index in [1.807, 2.05) is 6.92 Å². The van der Waals surface area contributed by atoms with Crippen LogP contribution in [0.1, 0.15) is 23.1 Å². The number of carbonyl (C=O) groups is 1. The zero-order chi connectivity index (χ0) is 13.8. The zero-order valence-electron chi connectivity index (χ0n) is 10.2. The Labute approximate surface area is 107 Å². The Bertz CT molecular complexity index is 602. The van der Waals surface area contributed by atoms with Crippen LogP contribution in [-0.4, -0.2) is 30.8 Å². The maximum atomic E-state index is 11.8. The van der Waals surface area contributed by atoms with Crippen LogP contribution in [0.15, 0.2) is 18.5 Å². The van der Waals surface area contributed by atoms with E-state index in [0.29, 0.717) is 6.54 Å². The zero-order valence-corrected chi connectivity index (χ0v) is 10.2. The van der Waals surface area contributed by atoms with Crippen molar-refractivity contribution in [2.24, 2.45) is 0 Å². The van der Waals surface area contributed by atoms with Gasteiger partial charge in [0.25, 0.3) is 5.91 Å². The highest BCUT2D eigenvalue weighted by molar-refractivity contribution is 5.95. The third-order valence-electron chi connectivity index (χ3n) is 2.58. The van der Waals surface area contributed by atoms with Gasteiger partial charge in [0.05, 0.1) is 17.2 Å². The lowest BCUT2D eigenvalue weighted by Gasteiger charge is -2.05. The number of nitro groups is 1. The van der Waals surface area contributed by atoms with Crippen LogP contribution < -0.4 is 5.32 Å². The molecule has 9 heteroatoms. The van der Waals surface area contributed by atoms with Gasteiger partial charge in [-0.15, -0.1) is 0 Å². The van der Waals surface area contributed by atoms with E-state index in [-0.39, 0.29) is 17.9 Å². The molecule has 2 heterocycles. The van der Waals surface area contributed by atoms with Gasteiger partial charge in [-0.3, -0.25) is 24.7 Å². The van der Waals surface area contributed by atoms with Crippen LogP contribution in [0.4, 0.5) is 5.69 Å². The van der Waals surface area contributed by atoms with Crippen LogP contribution in [0.25, 0.3) is 0 Å². The van der Waals surface area contributed by atoms with Crippen LogP contribution in [-0.2, 0) is 13.1 Å². The average Bonchev–Trinajstić information content (AvgIpc) is 3.04. The van der Waals surface area contributed by atoms with Crippen molar-refractivity contribution in [1.82, 2.24) is 25.3 Å². The number of amides is 1. The molecule has 0 unspecified atom stereocenters. The molecular weight excluding hydrogens is 252 g/mol. The van der Waals surface area contributed by atoms with Crippen molar-refractivity contribution in [2.75, 3.05) is 0 Å². The monoisotopic (exact) mass is 264 g/mol. The second-order valence-corrected chi connectivity index (χ2v) is 3.71. The van der Waals surface area contributed by atoms with Crippen LogP contribution in [0.5, 0.6) is 0 Å². The molecule has 0 saturated heterocycles. The van der Waals surface area contributed by atoms with Gasteiger partial charge in [-0.2, -0.15) is 10.2 Å². The van der Waals surface area contributed by atoms with Crippen LogP contribution in [0.2, 0.25) is 0 Å². The first-order chi connectivity index (χ1) is 9.13. The summed E-state index contributed by atoms with van der Waals surface area (Å²) in [6, 6.07) is 1.77. The molecule has 2 rings (SSSR count). The quantitative estimate of drug-likeness (QED) is 0.600. The number of rotatable bonds is 5. The van der Waals surface area contributed by atoms with Crippen molar-refractivity contribution in [3.8, 4) is 0 Å². The van der Waals surface area contributed by atoms with Crippen molar-refractivity contribution in [3.05, 3.63) is 40.0 Å². The van der Waals surface area contributed by atoms with E-state index < -0.39 is 10.8 Å². The number of carbonyl (C=O) groups excluding carboxylic acids is 1. The fourth-order valence-corrected chi connectivity index (χ4v) is 1.64. The van der Waals surface area contributed by atoms with Gasteiger partial charge in [0, 0.05) is 12.7 Å². The van der Waals surface area contributed by atoms with Gasteiger partial charge in [-0.05, 0) is 13.0 Å². The van der Waals surface area contributed by atoms with E-state index in [0.717, 1.165) is 11.9 Å². The van der Waals surface area contributed by atoms with Crippen molar-refractivity contribution >= 4 is 11.6 Å². The van der Waals surface area contributed by atoms with Crippen molar-refractivity contribution in [2.45, 2.75) is 20.0 Å². The Morgan fingerprint density at radius 1 is 1.63 bits per heavy atom. The number of nitrogens with zero attached hydrogens (tertiary/aromatic N) is 4. The summed E-state index contributed by atoms with van der Waals surface area (Å²) in [6.07, 6.45) is 2.63. The lowest BCUT2D eigenvalue weighted by molar-refractivity contribution is -0.385. The Balaban J connectivity index is 2.06. The maximum absolute atomic E-state index is 11.8. The molecule has 0 radical (unpaired) electrons. The molecule has 19 heavy (non-hydrogen) atoms. The fourth-order valence-electron chi connectivity index (χ4n) is 1.64. The van der Waals surface area contributed by atoms with Gasteiger partial charge < -0.3 is 5.32 Å². The smallest absolute Gasteiger partial charge is 0.319 e. The molecule has 2 N–H and O–H groups in total. The molecule has 0 aromatic carbocycles. The number of hydrogen-bond acceptors (Lipinski definition) is 5. The van der Waals surface area contributed by atoms with Gasteiger partial charge in [0.1, 0.15) is 6.20 Å². The molecule has 1 amide bonds. The van der Waals surface area contributed by atoms with Crippen LogP contribution in [0.3, 0.4) is 0 Å². The molecule has 0 saturated carbocycles. The van der Waals surface area contributed by atoms with Crippen LogP contribution in [0, 0.1) is 10.1 Å². The molecule has 9 nitrogen and oxygen atoms in total. The first-order valence-corrected chi connectivity index (χ1v) is 5.60. The number of H-pyrrole nitrogens is 1. The summed E-state index contributed by atoms with van der Waals surface area (Å²) in [5.41, 5.74) is 0.312. The van der Waals surface area contributed by atoms with E-state index in [2.05, 4.69) is 20.6 Å². The SMILES string of the molecule is CCn1nccc1CNC(=O)c1[nH]ncc1[N+](=O)[O-]. The standard InChI is InChI=1S/C10H12N6O3/c1-2-15-7(3-4-13-15)5-11-10(17)9-8(16(18)19)6-12-14-9/h3-4,6H,2,5H2,1H3,(H,11,17)(H,12,14). The Morgan fingerprint density at radius 3 is 3.11 bits per heavy atom. The molecule has 0 aliphatic carbocycles. The molecule has 0 fully saturated rings.